The van der Waals surface area contributed by atoms with Crippen LogP contribution >= 0.6 is 34.9 Å². The number of allylic oxidation sites excluding steroid dienone is 1. The number of thioether (sulfide) groups is 1. The molecule has 1 aliphatic heterocycles. The predicted octanol–water partition coefficient (Wildman–Crippen LogP) is 8.30. The number of benzene rings is 4. The van der Waals surface area contributed by atoms with E-state index in [4.69, 9.17) is 0 Å². The number of rotatable bonds is 6. The fourth-order valence-corrected chi connectivity index (χ4v) is 7.16. The highest BCUT2D eigenvalue weighted by molar-refractivity contribution is 8.04. The second-order valence-electron chi connectivity index (χ2n) is 8.46. The van der Waals surface area contributed by atoms with Gasteiger partial charge in [-0.25, -0.2) is 9.37 Å². The number of aromatic nitrogens is 1. The molecule has 2 heterocycles. The molecule has 5 nitrogen and oxygen atoms in total. The van der Waals surface area contributed by atoms with Crippen LogP contribution in [0.1, 0.15) is 5.01 Å². The average molecular weight is 567 g/mol. The van der Waals surface area contributed by atoms with Crippen molar-refractivity contribution in [1.29, 1.82) is 5.26 Å². The minimum absolute atomic E-state index is 0.0141. The van der Waals surface area contributed by atoms with Gasteiger partial charge in [0.05, 0.1) is 38.1 Å². The van der Waals surface area contributed by atoms with Crippen molar-refractivity contribution in [3.8, 4) is 6.07 Å². The molecular weight excluding hydrogens is 548 g/mol. The Hall–Kier alpha value is -4.10. The van der Waals surface area contributed by atoms with Gasteiger partial charge in [0.1, 0.15) is 22.5 Å². The first-order chi connectivity index (χ1) is 19.1. The third-order valence-electron chi connectivity index (χ3n) is 5.99. The van der Waals surface area contributed by atoms with Gasteiger partial charge in [-0.3, -0.25) is 9.69 Å². The van der Waals surface area contributed by atoms with Gasteiger partial charge in [0, 0.05) is 9.79 Å². The SMILES string of the molecule is N#CC(=C(Nc1ccccc1F)SCC(=O)N1c2ccccc2Sc2ccccc21)c1nc2ccccc2s1. The van der Waals surface area contributed by atoms with E-state index in [1.165, 1.54) is 17.4 Å². The van der Waals surface area contributed by atoms with E-state index in [1.807, 2.05) is 72.8 Å². The predicted molar refractivity (Wildman–Crippen MR) is 159 cm³/mol. The van der Waals surface area contributed by atoms with Crippen LogP contribution in [0.3, 0.4) is 0 Å². The average Bonchev–Trinajstić information content (AvgIpc) is 3.39. The van der Waals surface area contributed by atoms with Gasteiger partial charge in [0.15, 0.2) is 0 Å². The Morgan fingerprint density at radius 3 is 2.26 bits per heavy atom. The maximum Gasteiger partial charge on any atom is 0.242 e. The molecule has 9 heteroatoms. The number of carbonyl (C=O) groups excluding carboxylic acids is 1. The Kier molecular flexibility index (Phi) is 7.07. The van der Waals surface area contributed by atoms with Crippen LogP contribution in [0.5, 0.6) is 0 Å². The second kappa shape index (κ2) is 10.9. The van der Waals surface area contributed by atoms with E-state index < -0.39 is 5.82 Å². The van der Waals surface area contributed by atoms with E-state index in [2.05, 4.69) is 16.4 Å². The lowest BCUT2D eigenvalue weighted by atomic mass is 10.2. The van der Waals surface area contributed by atoms with E-state index in [0.717, 1.165) is 43.1 Å². The van der Waals surface area contributed by atoms with Gasteiger partial charge in [-0.2, -0.15) is 5.26 Å². The first-order valence-electron chi connectivity index (χ1n) is 12.0. The molecule has 0 atom stereocenters. The van der Waals surface area contributed by atoms with Crippen molar-refractivity contribution < 1.29 is 9.18 Å². The normalized spacial score (nSPS) is 12.8. The molecule has 6 rings (SSSR count). The molecule has 0 saturated heterocycles. The van der Waals surface area contributed by atoms with Crippen molar-refractivity contribution in [3.63, 3.8) is 0 Å². The Morgan fingerprint density at radius 1 is 0.923 bits per heavy atom. The van der Waals surface area contributed by atoms with E-state index in [9.17, 15) is 14.4 Å². The molecule has 0 saturated carbocycles. The van der Waals surface area contributed by atoms with E-state index >= 15 is 0 Å². The number of hydrogen-bond acceptors (Lipinski definition) is 7. The largest absolute Gasteiger partial charge is 0.347 e. The number of nitrogens with zero attached hydrogens (tertiary/aromatic N) is 3. The number of thiazole rings is 1. The molecule has 39 heavy (non-hydrogen) atoms. The van der Waals surface area contributed by atoms with Crippen LogP contribution < -0.4 is 10.2 Å². The molecule has 0 spiro atoms. The molecule has 0 fully saturated rings. The number of amides is 1. The summed E-state index contributed by atoms with van der Waals surface area (Å²) in [5.41, 5.74) is 2.87. The summed E-state index contributed by atoms with van der Waals surface area (Å²) in [4.78, 5) is 22.1. The van der Waals surface area contributed by atoms with Crippen LogP contribution in [0.2, 0.25) is 0 Å². The summed E-state index contributed by atoms with van der Waals surface area (Å²) in [7, 11) is 0. The molecule has 5 aromatic rings. The van der Waals surface area contributed by atoms with Gasteiger partial charge in [-0.05, 0) is 48.5 Å². The third-order valence-corrected chi connectivity index (χ3v) is 9.16. The zero-order chi connectivity index (χ0) is 26.8. The van der Waals surface area contributed by atoms with Crippen LogP contribution in [0.25, 0.3) is 15.8 Å². The van der Waals surface area contributed by atoms with Gasteiger partial charge in [0.2, 0.25) is 5.91 Å². The lowest BCUT2D eigenvalue weighted by Gasteiger charge is -2.31. The van der Waals surface area contributed by atoms with Gasteiger partial charge in [-0.15, -0.1) is 11.3 Å². The van der Waals surface area contributed by atoms with E-state index in [0.29, 0.717) is 10.0 Å². The Morgan fingerprint density at radius 2 is 1.56 bits per heavy atom. The number of carbonyl (C=O) groups is 1. The summed E-state index contributed by atoms with van der Waals surface area (Å²) in [6.45, 7) is 0. The smallest absolute Gasteiger partial charge is 0.242 e. The lowest BCUT2D eigenvalue weighted by Crippen LogP contribution is -2.30. The topological polar surface area (TPSA) is 69.0 Å². The van der Waals surface area contributed by atoms with Crippen molar-refractivity contribution in [3.05, 3.63) is 113 Å². The van der Waals surface area contributed by atoms with Crippen molar-refractivity contribution in [1.82, 2.24) is 4.98 Å². The number of anilines is 3. The fourth-order valence-electron chi connectivity index (χ4n) is 4.20. The zero-order valence-corrected chi connectivity index (χ0v) is 22.7. The van der Waals surface area contributed by atoms with Crippen LogP contribution in [-0.2, 0) is 4.79 Å². The molecule has 0 bridgehead atoms. The maximum atomic E-state index is 14.6. The molecule has 4 aromatic carbocycles. The summed E-state index contributed by atoms with van der Waals surface area (Å²) in [6.07, 6.45) is 0. The number of nitriles is 1. The van der Waals surface area contributed by atoms with Gasteiger partial charge in [-0.1, -0.05) is 72.1 Å². The Balaban J connectivity index is 1.37. The van der Waals surface area contributed by atoms with Crippen molar-refractivity contribution in [2.24, 2.45) is 0 Å². The van der Waals surface area contributed by atoms with Crippen molar-refractivity contribution in [2.45, 2.75) is 9.79 Å². The van der Waals surface area contributed by atoms with Crippen LogP contribution in [0, 0.1) is 17.1 Å². The van der Waals surface area contributed by atoms with Gasteiger partial charge < -0.3 is 5.32 Å². The molecule has 1 N–H and O–H groups in total. The highest BCUT2D eigenvalue weighted by Gasteiger charge is 2.28. The number of para-hydroxylation sites is 4. The summed E-state index contributed by atoms with van der Waals surface area (Å²) in [6, 6.07) is 31.7. The summed E-state index contributed by atoms with van der Waals surface area (Å²) in [5, 5.41) is 14.2. The van der Waals surface area contributed by atoms with Gasteiger partial charge >= 0.3 is 0 Å². The van der Waals surface area contributed by atoms with Crippen LogP contribution in [0.4, 0.5) is 21.5 Å². The quantitative estimate of drug-likeness (QED) is 0.209. The van der Waals surface area contributed by atoms with Crippen molar-refractivity contribution >= 4 is 73.6 Å². The maximum absolute atomic E-state index is 14.6. The summed E-state index contributed by atoms with van der Waals surface area (Å²) in [5.74, 6) is -0.603. The van der Waals surface area contributed by atoms with Crippen LogP contribution in [-0.4, -0.2) is 16.6 Å². The van der Waals surface area contributed by atoms with Crippen molar-refractivity contribution in [2.75, 3.05) is 16.0 Å². The van der Waals surface area contributed by atoms with Gasteiger partial charge in [0.25, 0.3) is 0 Å². The molecule has 1 aliphatic rings. The highest BCUT2D eigenvalue weighted by Crippen LogP contribution is 2.48. The number of halogens is 1. The third kappa shape index (κ3) is 5.02. The Labute approximate surface area is 237 Å². The van der Waals surface area contributed by atoms with Crippen LogP contribution in [0.15, 0.2) is 112 Å². The first-order valence-corrected chi connectivity index (χ1v) is 14.6. The highest BCUT2D eigenvalue weighted by atomic mass is 32.2. The molecule has 1 aromatic heterocycles. The minimum atomic E-state index is -0.459. The second-order valence-corrected chi connectivity index (χ2v) is 11.6. The van der Waals surface area contributed by atoms with E-state index in [1.54, 1.807) is 34.9 Å². The number of nitrogens with one attached hydrogen (secondary N) is 1. The zero-order valence-electron chi connectivity index (χ0n) is 20.3. The standard InChI is InChI=1S/C30H19FN4OS3/c31-20-9-1-2-10-21(20)33-29(19(17-32)30-34-22-11-3-6-14-25(22)39-30)37-18-28(36)35-23-12-4-7-15-26(23)38-27-16-8-5-13-24(27)35/h1-16,33H,18H2. The fraction of sp³-hybridized carbons (Fsp3) is 0.0333. The molecule has 0 radical (unpaired) electrons. The minimum Gasteiger partial charge on any atom is -0.347 e. The summed E-state index contributed by atoms with van der Waals surface area (Å²) >= 11 is 4.17. The number of hydrogen-bond donors (Lipinski definition) is 1. The Bertz CT molecular complexity index is 1710. The molecule has 1 amide bonds. The molecule has 0 aliphatic carbocycles. The first kappa shape index (κ1) is 25.2. The summed E-state index contributed by atoms with van der Waals surface area (Å²) < 4.78 is 15.6. The molecular formula is C30H19FN4OS3. The number of fused-ring (bicyclic) bond motifs is 3. The molecule has 190 valence electrons. The molecule has 0 unspecified atom stereocenters. The van der Waals surface area contributed by atoms with E-state index in [-0.39, 0.29) is 22.9 Å². The lowest BCUT2D eigenvalue weighted by molar-refractivity contribution is -0.115. The monoisotopic (exact) mass is 566 g/mol.